The first-order chi connectivity index (χ1) is 19.1. The molecular formula is C38H52ClN. The average molecular weight is 558 g/mol. The highest BCUT2D eigenvalue weighted by atomic mass is 35.5. The molecule has 216 valence electrons. The quantitative estimate of drug-likeness (QED) is 0.220. The summed E-state index contributed by atoms with van der Waals surface area (Å²) >= 11 is 5.77. The van der Waals surface area contributed by atoms with Gasteiger partial charge in [-0.1, -0.05) is 146 Å². The molecule has 0 saturated carbocycles. The molecule has 40 heavy (non-hydrogen) atoms. The number of aryl methyl sites for hydroxylation is 1. The summed E-state index contributed by atoms with van der Waals surface area (Å²) in [4.78, 5) is 4.01. The van der Waals surface area contributed by atoms with Crippen LogP contribution in [0, 0.1) is 11.8 Å². The minimum absolute atomic E-state index is 0.596. The Labute approximate surface area is 251 Å². The van der Waals surface area contributed by atoms with E-state index < -0.39 is 0 Å². The zero-order chi connectivity index (χ0) is 29.8. The molecule has 0 N–H and O–H groups in total. The molecule has 1 heterocycles. The molecule has 1 aromatic heterocycles. The van der Waals surface area contributed by atoms with E-state index in [9.17, 15) is 0 Å². The van der Waals surface area contributed by atoms with Gasteiger partial charge in [-0.25, -0.2) is 0 Å². The molecule has 1 nitrogen and oxygen atoms in total. The summed E-state index contributed by atoms with van der Waals surface area (Å²) in [6.07, 6.45) is 7.31. The van der Waals surface area contributed by atoms with Crippen molar-refractivity contribution in [2.45, 2.75) is 86.5 Å². The predicted molar refractivity (Wildman–Crippen MR) is 178 cm³/mol. The van der Waals surface area contributed by atoms with E-state index >= 15 is 0 Å². The van der Waals surface area contributed by atoms with Crippen molar-refractivity contribution < 1.29 is 0 Å². The van der Waals surface area contributed by atoms with Gasteiger partial charge in [-0.3, -0.25) is 4.98 Å². The van der Waals surface area contributed by atoms with Crippen LogP contribution in [0.5, 0.6) is 0 Å². The molecule has 0 bridgehead atoms. The molecule has 4 rings (SSSR count). The number of benzene rings is 3. The van der Waals surface area contributed by atoms with Gasteiger partial charge in [-0.05, 0) is 83.4 Å². The van der Waals surface area contributed by atoms with Crippen molar-refractivity contribution >= 4 is 11.6 Å². The Bertz CT molecular complexity index is 1060. The Hall–Kier alpha value is -2.90. The van der Waals surface area contributed by atoms with E-state index in [2.05, 4.69) is 133 Å². The van der Waals surface area contributed by atoms with Crippen molar-refractivity contribution in [2.75, 3.05) is 0 Å². The Kier molecular flexibility index (Phi) is 18.4. The highest BCUT2D eigenvalue weighted by Crippen LogP contribution is 2.14. The summed E-state index contributed by atoms with van der Waals surface area (Å²) in [6, 6.07) is 33.3. The van der Waals surface area contributed by atoms with E-state index in [1.165, 1.54) is 35.1 Å². The number of rotatable bonds is 7. The summed E-state index contributed by atoms with van der Waals surface area (Å²) in [7, 11) is 0. The van der Waals surface area contributed by atoms with Crippen LogP contribution in [0.1, 0.15) is 95.9 Å². The fourth-order valence-electron chi connectivity index (χ4n) is 3.75. The molecule has 0 saturated heterocycles. The molecule has 0 atom stereocenters. The fraction of sp³-hybridized carbons (Fsp3) is 0.395. The van der Waals surface area contributed by atoms with Crippen molar-refractivity contribution in [1.29, 1.82) is 0 Å². The predicted octanol–water partition coefficient (Wildman–Crippen LogP) is 11.8. The molecule has 0 aliphatic rings. The molecule has 0 spiro atoms. The van der Waals surface area contributed by atoms with E-state index in [1.54, 1.807) is 6.20 Å². The standard InChI is InChI=1S/C11H15Cl.C10H14.C9H12.C8H11N/c1-9(2)3-4-10-5-7-11(12)8-6-10;1-9(2)8-10-6-4-3-5-7-10;1-8(2)9-6-4-3-5-7-9;1-7(2)8-4-3-5-9-6-8/h5-9H,3-4H2,1-2H3;3-7,9H,8H2,1-2H3;3-8H,1-2H3;3-7H,1-2H3. The van der Waals surface area contributed by atoms with Crippen LogP contribution in [0.15, 0.2) is 109 Å². The van der Waals surface area contributed by atoms with E-state index in [-0.39, 0.29) is 0 Å². The summed E-state index contributed by atoms with van der Waals surface area (Å²) in [5.41, 5.74) is 5.54. The molecule has 4 aromatic rings. The lowest BCUT2D eigenvalue weighted by Crippen LogP contribution is -1.92. The highest BCUT2D eigenvalue weighted by Gasteiger charge is 1.97. The van der Waals surface area contributed by atoms with Crippen LogP contribution in [0.25, 0.3) is 0 Å². The van der Waals surface area contributed by atoms with Gasteiger partial charge in [-0.15, -0.1) is 0 Å². The largest absolute Gasteiger partial charge is 0.264 e. The van der Waals surface area contributed by atoms with Crippen LogP contribution in [0.4, 0.5) is 0 Å². The summed E-state index contributed by atoms with van der Waals surface area (Å²) < 4.78 is 0. The minimum Gasteiger partial charge on any atom is -0.264 e. The zero-order valence-electron chi connectivity index (χ0n) is 26.1. The van der Waals surface area contributed by atoms with E-state index in [0.717, 1.165) is 23.3 Å². The lowest BCUT2D eigenvalue weighted by Gasteiger charge is -2.03. The molecule has 2 heteroatoms. The van der Waals surface area contributed by atoms with Gasteiger partial charge in [0.25, 0.3) is 0 Å². The smallest absolute Gasteiger partial charge is 0.0406 e. The molecule has 0 radical (unpaired) electrons. The van der Waals surface area contributed by atoms with Gasteiger partial charge in [-0.2, -0.15) is 0 Å². The summed E-state index contributed by atoms with van der Waals surface area (Å²) in [5, 5.41) is 0.822. The molecule has 0 aliphatic heterocycles. The van der Waals surface area contributed by atoms with Crippen molar-refractivity contribution in [3.05, 3.63) is 137 Å². The second-order valence-corrected chi connectivity index (χ2v) is 12.1. The third kappa shape index (κ3) is 17.6. The van der Waals surface area contributed by atoms with Gasteiger partial charge in [0.2, 0.25) is 0 Å². The van der Waals surface area contributed by atoms with Gasteiger partial charge >= 0.3 is 0 Å². The monoisotopic (exact) mass is 557 g/mol. The van der Waals surface area contributed by atoms with Gasteiger partial charge < -0.3 is 0 Å². The number of halogens is 1. The maximum absolute atomic E-state index is 5.77. The van der Waals surface area contributed by atoms with Gasteiger partial charge in [0.15, 0.2) is 0 Å². The van der Waals surface area contributed by atoms with E-state index in [0.29, 0.717) is 11.8 Å². The molecule has 3 aromatic carbocycles. The Balaban J connectivity index is 0.000000269. The maximum atomic E-state index is 5.77. The van der Waals surface area contributed by atoms with Crippen LogP contribution in [-0.4, -0.2) is 4.98 Å². The topological polar surface area (TPSA) is 12.9 Å². The SMILES string of the molecule is CC(C)CCc1ccc(Cl)cc1.CC(C)Cc1ccccc1.CC(C)c1ccccc1.CC(C)c1cccnc1. The average Bonchev–Trinajstić information content (AvgIpc) is 2.95. The van der Waals surface area contributed by atoms with Crippen LogP contribution >= 0.6 is 11.6 Å². The molecule has 0 amide bonds. The molecule has 0 fully saturated rings. The first kappa shape index (κ1) is 35.1. The van der Waals surface area contributed by atoms with Crippen LogP contribution in [-0.2, 0) is 12.8 Å². The maximum Gasteiger partial charge on any atom is 0.0406 e. The Morgan fingerprint density at radius 1 is 0.550 bits per heavy atom. The van der Waals surface area contributed by atoms with Gasteiger partial charge in [0.1, 0.15) is 0 Å². The van der Waals surface area contributed by atoms with Crippen LogP contribution < -0.4 is 0 Å². The normalized spacial score (nSPS) is 10.3. The third-order valence-electron chi connectivity index (χ3n) is 6.23. The van der Waals surface area contributed by atoms with Crippen molar-refractivity contribution in [2.24, 2.45) is 11.8 Å². The summed E-state index contributed by atoms with van der Waals surface area (Å²) in [6.45, 7) is 17.7. The molecular weight excluding hydrogens is 506 g/mol. The van der Waals surface area contributed by atoms with Crippen molar-refractivity contribution in [3.8, 4) is 0 Å². The van der Waals surface area contributed by atoms with Gasteiger partial charge in [0.05, 0.1) is 0 Å². The number of hydrogen-bond acceptors (Lipinski definition) is 1. The molecule has 0 aliphatic carbocycles. The first-order valence-electron chi connectivity index (χ1n) is 14.8. The zero-order valence-corrected chi connectivity index (χ0v) is 26.9. The number of hydrogen-bond donors (Lipinski definition) is 0. The lowest BCUT2D eigenvalue weighted by molar-refractivity contribution is 0.587. The van der Waals surface area contributed by atoms with E-state index in [1.807, 2.05) is 30.5 Å². The highest BCUT2D eigenvalue weighted by molar-refractivity contribution is 6.30. The summed E-state index contributed by atoms with van der Waals surface area (Å²) in [5.74, 6) is 2.80. The van der Waals surface area contributed by atoms with Crippen molar-refractivity contribution in [1.82, 2.24) is 4.98 Å². The molecule has 0 unspecified atom stereocenters. The van der Waals surface area contributed by atoms with Crippen LogP contribution in [0.2, 0.25) is 5.02 Å². The van der Waals surface area contributed by atoms with Gasteiger partial charge in [0, 0.05) is 17.4 Å². The minimum atomic E-state index is 0.596. The second-order valence-electron chi connectivity index (χ2n) is 11.6. The number of pyridine rings is 1. The number of nitrogens with zero attached hydrogens (tertiary/aromatic N) is 1. The Morgan fingerprint density at radius 2 is 1.07 bits per heavy atom. The Morgan fingerprint density at radius 3 is 1.48 bits per heavy atom. The lowest BCUT2D eigenvalue weighted by atomic mass is 10.0. The third-order valence-corrected chi connectivity index (χ3v) is 6.48. The van der Waals surface area contributed by atoms with Crippen molar-refractivity contribution in [3.63, 3.8) is 0 Å². The second kappa shape index (κ2) is 20.9. The first-order valence-corrected chi connectivity index (χ1v) is 15.2. The fourth-order valence-corrected chi connectivity index (χ4v) is 3.87. The van der Waals surface area contributed by atoms with Crippen LogP contribution in [0.3, 0.4) is 0 Å². The van der Waals surface area contributed by atoms with E-state index in [4.69, 9.17) is 11.6 Å². The number of aromatic nitrogens is 1.